The van der Waals surface area contributed by atoms with E-state index < -0.39 is 19.0 Å². The van der Waals surface area contributed by atoms with Crippen LogP contribution in [0.4, 0.5) is 17.6 Å². The van der Waals surface area contributed by atoms with Crippen LogP contribution in [0.2, 0.25) is 0 Å². The minimum atomic E-state index is -4.24. The maximum atomic E-state index is 12.8. The Labute approximate surface area is 137 Å². The molecule has 1 fully saturated rings. The zero-order valence-corrected chi connectivity index (χ0v) is 13.1. The number of aromatic nitrogens is 1. The van der Waals surface area contributed by atoms with Gasteiger partial charge in [0.15, 0.2) is 6.61 Å². The summed E-state index contributed by atoms with van der Waals surface area (Å²) in [5.41, 5.74) is 0.299. The maximum Gasteiger partial charge on any atom is 0.340 e. The van der Waals surface area contributed by atoms with Gasteiger partial charge in [-0.15, -0.1) is 0 Å². The zero-order chi connectivity index (χ0) is 17.7. The van der Waals surface area contributed by atoms with Gasteiger partial charge in [0.1, 0.15) is 0 Å². The van der Waals surface area contributed by atoms with Crippen molar-refractivity contribution in [1.29, 1.82) is 0 Å². The van der Waals surface area contributed by atoms with Crippen LogP contribution in [0.25, 0.3) is 0 Å². The summed E-state index contributed by atoms with van der Waals surface area (Å²) in [5, 5.41) is 3.07. The normalized spacial score (nSPS) is 18.2. The van der Waals surface area contributed by atoms with Gasteiger partial charge < -0.3 is 15.0 Å². The third kappa shape index (κ3) is 4.56. The highest BCUT2D eigenvalue weighted by Crippen LogP contribution is 2.24. The van der Waals surface area contributed by atoms with E-state index in [2.05, 4.69) is 15.0 Å². The van der Waals surface area contributed by atoms with E-state index in [1.807, 2.05) is 7.05 Å². The topological polar surface area (TPSA) is 54.5 Å². The Morgan fingerprint density at radius 1 is 1.50 bits per heavy atom. The van der Waals surface area contributed by atoms with E-state index in [1.54, 1.807) is 4.90 Å². The number of hydrogen-bond donors (Lipinski definition) is 1. The zero-order valence-electron chi connectivity index (χ0n) is 13.1. The Morgan fingerprint density at radius 3 is 2.83 bits per heavy atom. The lowest BCUT2D eigenvalue weighted by Gasteiger charge is -2.17. The van der Waals surface area contributed by atoms with E-state index in [-0.39, 0.29) is 11.8 Å². The second-order valence-corrected chi connectivity index (χ2v) is 5.70. The van der Waals surface area contributed by atoms with Gasteiger partial charge in [-0.1, -0.05) is 0 Å². The maximum absolute atomic E-state index is 12.8. The molecular formula is C15H19F4N3O2. The summed E-state index contributed by atoms with van der Waals surface area (Å²) in [5.74, 6) is -4.29. The fourth-order valence-corrected chi connectivity index (χ4v) is 2.48. The van der Waals surface area contributed by atoms with Gasteiger partial charge in [-0.3, -0.25) is 4.79 Å². The van der Waals surface area contributed by atoms with Gasteiger partial charge in [-0.25, -0.2) is 13.8 Å². The highest BCUT2D eigenvalue weighted by atomic mass is 19.3. The number of nitrogens with zero attached hydrogens (tertiary/aromatic N) is 2. The van der Waals surface area contributed by atoms with Crippen molar-refractivity contribution < 1.29 is 27.1 Å². The number of carbonyl (C=O) groups is 1. The smallest absolute Gasteiger partial charge is 0.340 e. The van der Waals surface area contributed by atoms with Crippen molar-refractivity contribution in [3.8, 4) is 5.88 Å². The summed E-state index contributed by atoms with van der Waals surface area (Å²) >= 11 is 0. The number of rotatable bonds is 7. The van der Waals surface area contributed by atoms with Crippen molar-refractivity contribution in [2.24, 2.45) is 5.92 Å². The molecule has 2 rings (SSSR count). The highest BCUT2D eigenvalue weighted by molar-refractivity contribution is 5.94. The van der Waals surface area contributed by atoms with Crippen molar-refractivity contribution in [1.82, 2.24) is 15.2 Å². The molecule has 0 radical (unpaired) electrons. The molecule has 0 aromatic carbocycles. The van der Waals surface area contributed by atoms with Gasteiger partial charge in [0.25, 0.3) is 5.91 Å². The van der Waals surface area contributed by atoms with Gasteiger partial charge in [0, 0.05) is 25.4 Å². The van der Waals surface area contributed by atoms with E-state index in [0.717, 1.165) is 13.0 Å². The summed E-state index contributed by atoms with van der Waals surface area (Å²) in [6, 6.07) is 2.60. The lowest BCUT2D eigenvalue weighted by Crippen LogP contribution is -2.34. The molecular weight excluding hydrogens is 330 g/mol. The molecule has 0 bridgehead atoms. The molecule has 2 heterocycles. The van der Waals surface area contributed by atoms with Crippen LogP contribution in [0.3, 0.4) is 0 Å². The van der Waals surface area contributed by atoms with Gasteiger partial charge in [-0.05, 0) is 32.0 Å². The summed E-state index contributed by atoms with van der Waals surface area (Å²) in [4.78, 5) is 17.7. The first kappa shape index (κ1) is 18.4. The summed E-state index contributed by atoms with van der Waals surface area (Å²) in [6.45, 7) is 0.637. The third-order valence-corrected chi connectivity index (χ3v) is 3.78. The fraction of sp³-hybridized carbons (Fsp3) is 0.600. The number of hydrogen-bond acceptors (Lipinski definition) is 4. The van der Waals surface area contributed by atoms with Gasteiger partial charge >= 0.3 is 12.3 Å². The molecule has 134 valence electrons. The predicted octanol–water partition coefficient (Wildman–Crippen LogP) is 2.04. The number of carbonyl (C=O) groups excluding carboxylic acids is 1. The first-order valence-electron chi connectivity index (χ1n) is 7.52. The van der Waals surface area contributed by atoms with Gasteiger partial charge in [0.05, 0.1) is 5.56 Å². The van der Waals surface area contributed by atoms with Crippen molar-refractivity contribution in [3.05, 3.63) is 23.9 Å². The van der Waals surface area contributed by atoms with Crippen molar-refractivity contribution >= 4 is 5.91 Å². The average Bonchev–Trinajstić information content (AvgIpc) is 3.02. The Hall–Kier alpha value is -1.90. The van der Waals surface area contributed by atoms with Gasteiger partial charge in [-0.2, -0.15) is 8.78 Å². The van der Waals surface area contributed by atoms with Crippen LogP contribution in [-0.2, 0) is 0 Å². The predicted molar refractivity (Wildman–Crippen MR) is 78.6 cm³/mol. The molecule has 24 heavy (non-hydrogen) atoms. The van der Waals surface area contributed by atoms with E-state index in [1.165, 1.54) is 18.3 Å². The van der Waals surface area contributed by atoms with Crippen LogP contribution in [0.15, 0.2) is 18.3 Å². The van der Waals surface area contributed by atoms with Crippen molar-refractivity contribution in [3.63, 3.8) is 0 Å². The lowest BCUT2D eigenvalue weighted by atomic mass is 10.1. The van der Waals surface area contributed by atoms with Crippen LogP contribution < -0.4 is 10.1 Å². The Bertz CT molecular complexity index is 554. The SMILES string of the molecule is CNCC1CCN(C(=O)c2ccc(OCC(F)(F)C(F)F)nc2)C1. The number of ether oxygens (including phenoxy) is 1. The molecule has 1 N–H and O–H groups in total. The van der Waals surface area contributed by atoms with Crippen LogP contribution in [-0.4, -0.2) is 61.4 Å². The minimum absolute atomic E-state index is 0.203. The number of alkyl halides is 4. The largest absolute Gasteiger partial charge is 0.471 e. The molecule has 1 saturated heterocycles. The second kappa shape index (κ2) is 7.78. The van der Waals surface area contributed by atoms with E-state index in [4.69, 9.17) is 0 Å². The van der Waals surface area contributed by atoms with Crippen molar-refractivity contribution in [2.45, 2.75) is 18.8 Å². The molecule has 1 aliphatic heterocycles. The summed E-state index contributed by atoms with van der Waals surface area (Å²) in [6.07, 6.45) is -1.70. The lowest BCUT2D eigenvalue weighted by molar-refractivity contribution is -0.148. The van der Waals surface area contributed by atoms with E-state index >= 15 is 0 Å². The molecule has 1 amide bonds. The summed E-state index contributed by atoms with van der Waals surface area (Å²) in [7, 11) is 1.85. The number of pyridine rings is 1. The Balaban J connectivity index is 1.91. The molecule has 1 aromatic heterocycles. The Morgan fingerprint density at radius 2 is 2.25 bits per heavy atom. The monoisotopic (exact) mass is 349 g/mol. The number of nitrogens with one attached hydrogen (secondary N) is 1. The summed E-state index contributed by atoms with van der Waals surface area (Å²) < 4.78 is 54.2. The fourth-order valence-electron chi connectivity index (χ4n) is 2.48. The quantitative estimate of drug-likeness (QED) is 0.766. The molecule has 9 heteroatoms. The molecule has 1 aromatic rings. The van der Waals surface area contributed by atoms with Crippen molar-refractivity contribution in [2.75, 3.05) is 33.3 Å². The highest BCUT2D eigenvalue weighted by Gasteiger charge is 2.41. The number of halogens is 4. The van der Waals surface area contributed by atoms with Crippen LogP contribution in [0.1, 0.15) is 16.8 Å². The Kier molecular flexibility index (Phi) is 5.98. The molecule has 1 atom stereocenters. The first-order valence-corrected chi connectivity index (χ1v) is 7.52. The van der Waals surface area contributed by atoms with Crippen LogP contribution in [0.5, 0.6) is 5.88 Å². The minimum Gasteiger partial charge on any atom is -0.471 e. The standard InChI is InChI=1S/C15H19F4N3O2/c1-20-6-10-4-5-22(8-10)13(23)11-2-3-12(21-7-11)24-9-15(18,19)14(16)17/h2-3,7,10,14,20H,4-6,8-9H2,1H3. The van der Waals surface area contributed by atoms with E-state index in [0.29, 0.717) is 24.6 Å². The van der Waals surface area contributed by atoms with Crippen LogP contribution in [0, 0.1) is 5.92 Å². The second-order valence-electron chi connectivity index (χ2n) is 5.70. The van der Waals surface area contributed by atoms with E-state index in [9.17, 15) is 22.4 Å². The first-order chi connectivity index (χ1) is 11.3. The molecule has 1 unspecified atom stereocenters. The van der Waals surface area contributed by atoms with Gasteiger partial charge in [0.2, 0.25) is 5.88 Å². The van der Waals surface area contributed by atoms with Crippen LogP contribution >= 0.6 is 0 Å². The molecule has 0 spiro atoms. The number of amides is 1. The molecule has 5 nitrogen and oxygen atoms in total. The molecule has 1 aliphatic rings. The number of likely N-dealkylation sites (tertiary alicyclic amines) is 1. The average molecular weight is 349 g/mol. The third-order valence-electron chi connectivity index (χ3n) is 3.78. The molecule has 0 aliphatic carbocycles. The molecule has 0 saturated carbocycles.